The van der Waals surface area contributed by atoms with Crippen molar-refractivity contribution in [2.24, 2.45) is 17.3 Å². The normalized spacial score (nSPS) is 38.1. The third-order valence-electron chi connectivity index (χ3n) is 9.33. The van der Waals surface area contributed by atoms with Crippen LogP contribution in [-0.2, 0) is 21.0 Å². The van der Waals surface area contributed by atoms with Crippen LogP contribution in [-0.4, -0.2) is 71.4 Å². The zero-order valence-corrected chi connectivity index (χ0v) is 23.3. The average molecular weight is 540 g/mol. The molecule has 2 aromatic rings. The van der Waals surface area contributed by atoms with Crippen molar-refractivity contribution in [1.82, 2.24) is 24.9 Å². The van der Waals surface area contributed by atoms with Gasteiger partial charge in [-0.1, -0.05) is 20.3 Å². The molecule has 1 saturated carbocycles. The summed E-state index contributed by atoms with van der Waals surface area (Å²) >= 11 is 0. The Balaban J connectivity index is 1.35. The van der Waals surface area contributed by atoms with Crippen LogP contribution in [0.5, 0.6) is 0 Å². The van der Waals surface area contributed by atoms with E-state index >= 15 is 0 Å². The summed E-state index contributed by atoms with van der Waals surface area (Å²) in [4.78, 5) is 26.4. The molecule has 0 spiro atoms. The molecular weight excluding hydrogens is 498 g/mol. The number of ketones is 1. The van der Waals surface area contributed by atoms with Gasteiger partial charge in [-0.15, -0.1) is 0 Å². The van der Waals surface area contributed by atoms with E-state index in [0.717, 1.165) is 30.5 Å². The Kier molecular flexibility index (Phi) is 7.56. The van der Waals surface area contributed by atoms with Crippen molar-refractivity contribution in [3.63, 3.8) is 0 Å². The second kappa shape index (κ2) is 10.6. The number of aliphatic hydroxyl groups excluding tert-OH is 2. The summed E-state index contributed by atoms with van der Waals surface area (Å²) in [6, 6.07) is 3.95. The van der Waals surface area contributed by atoms with Gasteiger partial charge in [0.05, 0.1) is 29.7 Å². The predicted molar refractivity (Wildman–Crippen MR) is 144 cm³/mol. The highest BCUT2D eigenvalue weighted by Gasteiger charge is 2.53. The molecule has 4 heterocycles. The summed E-state index contributed by atoms with van der Waals surface area (Å²) in [6.45, 7) is 8.08. The molecule has 212 valence electrons. The van der Waals surface area contributed by atoms with Gasteiger partial charge in [-0.2, -0.15) is 10.2 Å². The van der Waals surface area contributed by atoms with Crippen molar-refractivity contribution in [3.8, 4) is 0 Å². The number of esters is 1. The number of rotatable bonds is 4. The van der Waals surface area contributed by atoms with Gasteiger partial charge in [0.2, 0.25) is 0 Å². The Labute approximate surface area is 229 Å². The third kappa shape index (κ3) is 5.73. The topological polar surface area (TPSA) is 141 Å². The van der Waals surface area contributed by atoms with Gasteiger partial charge < -0.3 is 20.3 Å². The summed E-state index contributed by atoms with van der Waals surface area (Å²) < 4.78 is 9.55. The van der Waals surface area contributed by atoms with Crippen LogP contribution < -0.4 is 5.32 Å². The highest BCUT2D eigenvalue weighted by atomic mass is 16.5. The van der Waals surface area contributed by atoms with Crippen LogP contribution in [0, 0.1) is 17.3 Å². The SMILES string of the molecule is C/C(=C\c1ccn(Cn2cccn2)n1)[C@@H]1C[C@@H]2N[C@]2(C)CCC[C@@H]2C[C@@](C)(C(=O)[C@H](C)[C@H]2O)[C@@H](O)CC(=O)O1. The number of aliphatic hydroxyl groups is 2. The molecular formula is C29H41N5O5. The van der Waals surface area contributed by atoms with Crippen LogP contribution in [0.4, 0.5) is 0 Å². The van der Waals surface area contributed by atoms with Crippen LogP contribution in [0.1, 0.15) is 71.9 Å². The number of nitrogens with zero attached hydrogens (tertiary/aromatic N) is 4. The van der Waals surface area contributed by atoms with E-state index in [0.29, 0.717) is 19.5 Å². The maximum absolute atomic E-state index is 13.2. The van der Waals surface area contributed by atoms with Gasteiger partial charge in [-0.25, -0.2) is 0 Å². The first-order chi connectivity index (χ1) is 18.5. The number of hydrogen-bond donors (Lipinski definition) is 3. The first-order valence-electron chi connectivity index (χ1n) is 14.1. The van der Waals surface area contributed by atoms with E-state index < -0.39 is 35.6 Å². The number of nitrogens with one attached hydrogen (secondary N) is 1. The van der Waals surface area contributed by atoms with Crippen molar-refractivity contribution < 1.29 is 24.5 Å². The van der Waals surface area contributed by atoms with E-state index in [2.05, 4.69) is 22.4 Å². The quantitative estimate of drug-likeness (QED) is 0.398. The molecule has 1 aliphatic carbocycles. The van der Waals surface area contributed by atoms with E-state index in [-0.39, 0.29) is 29.7 Å². The zero-order valence-electron chi connectivity index (χ0n) is 23.3. The molecule has 0 aromatic carbocycles. The summed E-state index contributed by atoms with van der Waals surface area (Å²) in [7, 11) is 0. The van der Waals surface area contributed by atoms with Crippen LogP contribution in [0.3, 0.4) is 0 Å². The lowest BCUT2D eigenvalue weighted by Crippen LogP contribution is -2.54. The molecule has 2 saturated heterocycles. The molecule has 3 N–H and O–H groups in total. The molecule has 10 nitrogen and oxygen atoms in total. The monoisotopic (exact) mass is 539 g/mol. The Bertz CT molecular complexity index is 1220. The number of cyclic esters (lactones) is 1. The standard InChI is InChI=1S/C29H41N5O5/c1-18(13-21-8-12-34(32-21)17-33-11-6-10-30-33)22-14-23-29(4,31-23)9-5-7-20-16-28(3,24(35)15-25(36)39-22)27(38)19(2)26(20)37/h6,8,10-13,19-20,22-24,26,31,35,37H,5,7,9,14-17H2,1-4H3/b18-13+/t19-,20-,22+,23+,24+,26-,28-,29-/m1/s1. The van der Waals surface area contributed by atoms with Crippen LogP contribution in [0.25, 0.3) is 6.08 Å². The maximum atomic E-state index is 13.2. The molecule has 5 rings (SSSR count). The fraction of sp³-hybridized carbons (Fsp3) is 0.655. The van der Waals surface area contributed by atoms with Crippen molar-refractivity contribution in [3.05, 3.63) is 42.0 Å². The first-order valence-corrected chi connectivity index (χ1v) is 14.1. The molecule has 10 heteroatoms. The molecule has 8 atom stereocenters. The van der Waals surface area contributed by atoms with E-state index in [1.165, 1.54) is 0 Å². The second-order valence-electron chi connectivity index (χ2n) is 12.3. The van der Waals surface area contributed by atoms with Crippen molar-refractivity contribution in [1.29, 1.82) is 0 Å². The lowest BCUT2D eigenvalue weighted by atomic mass is 9.60. The Hall–Kier alpha value is -2.82. The second-order valence-corrected chi connectivity index (χ2v) is 12.3. The number of fused-ring (bicyclic) bond motifs is 3. The Morgan fingerprint density at radius 3 is 2.79 bits per heavy atom. The van der Waals surface area contributed by atoms with Gasteiger partial charge in [-0.3, -0.25) is 19.0 Å². The molecule has 0 unspecified atom stereocenters. The van der Waals surface area contributed by atoms with Gasteiger partial charge >= 0.3 is 5.97 Å². The molecule has 2 aromatic heterocycles. The van der Waals surface area contributed by atoms with Crippen LogP contribution in [0.15, 0.2) is 36.3 Å². The molecule has 0 amide bonds. The number of aromatic nitrogens is 4. The van der Waals surface area contributed by atoms with Crippen molar-refractivity contribution >= 4 is 17.8 Å². The molecule has 2 aliphatic heterocycles. The molecule has 2 bridgehead atoms. The first kappa shape index (κ1) is 27.7. The minimum Gasteiger partial charge on any atom is -0.458 e. The Morgan fingerprint density at radius 1 is 1.26 bits per heavy atom. The smallest absolute Gasteiger partial charge is 0.309 e. The number of hydrogen-bond acceptors (Lipinski definition) is 8. The van der Waals surface area contributed by atoms with Gasteiger partial charge in [0.15, 0.2) is 0 Å². The summed E-state index contributed by atoms with van der Waals surface area (Å²) in [5.74, 6) is -1.40. The number of ether oxygens (including phenoxy) is 1. The average Bonchev–Trinajstić information content (AvgIpc) is 3.25. The van der Waals surface area contributed by atoms with Crippen molar-refractivity contribution in [2.45, 2.75) is 103 Å². The highest BCUT2D eigenvalue weighted by Crippen LogP contribution is 2.46. The number of carbonyl (C=O) groups is 2. The maximum Gasteiger partial charge on any atom is 0.309 e. The minimum atomic E-state index is -1.18. The van der Waals surface area contributed by atoms with Crippen LogP contribution in [0.2, 0.25) is 0 Å². The minimum absolute atomic E-state index is 0.0652. The molecule has 3 aliphatic rings. The van der Waals surface area contributed by atoms with Crippen LogP contribution >= 0.6 is 0 Å². The predicted octanol–water partition coefficient (Wildman–Crippen LogP) is 2.55. The van der Waals surface area contributed by atoms with Crippen molar-refractivity contribution in [2.75, 3.05) is 0 Å². The number of Topliss-reactive ketones (excluding diaryl/α,β-unsaturated/α-hetero) is 1. The van der Waals surface area contributed by atoms with E-state index in [1.807, 2.05) is 37.5 Å². The van der Waals surface area contributed by atoms with E-state index in [4.69, 9.17) is 4.74 Å². The lowest BCUT2D eigenvalue weighted by Gasteiger charge is -2.45. The van der Waals surface area contributed by atoms with Gasteiger partial charge in [0, 0.05) is 42.5 Å². The molecule has 39 heavy (non-hydrogen) atoms. The fourth-order valence-corrected chi connectivity index (χ4v) is 6.60. The Morgan fingerprint density at radius 2 is 2.05 bits per heavy atom. The zero-order chi connectivity index (χ0) is 27.9. The summed E-state index contributed by atoms with van der Waals surface area (Å²) in [6.07, 6.45) is 8.30. The summed E-state index contributed by atoms with van der Waals surface area (Å²) in [5.41, 5.74) is 0.450. The van der Waals surface area contributed by atoms with Gasteiger partial charge in [-0.05, 0) is 62.8 Å². The van der Waals surface area contributed by atoms with Gasteiger partial charge in [0.1, 0.15) is 18.6 Å². The highest BCUT2D eigenvalue weighted by molar-refractivity contribution is 5.89. The van der Waals surface area contributed by atoms with Gasteiger partial charge in [0.25, 0.3) is 0 Å². The summed E-state index contributed by atoms with van der Waals surface area (Å²) in [5, 5.41) is 34.4. The third-order valence-corrected chi connectivity index (χ3v) is 9.33. The fourth-order valence-electron chi connectivity index (χ4n) is 6.60. The lowest BCUT2D eigenvalue weighted by molar-refractivity contribution is -0.161. The molecule has 0 radical (unpaired) electrons. The van der Waals surface area contributed by atoms with E-state index in [9.17, 15) is 19.8 Å². The molecule has 3 fully saturated rings. The number of carbonyl (C=O) groups excluding carboxylic acids is 2. The van der Waals surface area contributed by atoms with E-state index in [1.54, 1.807) is 29.4 Å². The largest absolute Gasteiger partial charge is 0.458 e.